The number of nitrogens with zero attached hydrogens (tertiary/aromatic N) is 2. The first-order chi connectivity index (χ1) is 11.8. The van der Waals surface area contributed by atoms with Gasteiger partial charge < -0.3 is 9.72 Å². The van der Waals surface area contributed by atoms with E-state index < -0.39 is 0 Å². The normalized spacial score (nSPS) is 10.9. The van der Waals surface area contributed by atoms with Gasteiger partial charge in [0, 0.05) is 17.3 Å². The van der Waals surface area contributed by atoms with E-state index in [2.05, 4.69) is 15.0 Å². The lowest BCUT2D eigenvalue weighted by molar-refractivity contribution is 0.416. The molecule has 118 valence electrons. The summed E-state index contributed by atoms with van der Waals surface area (Å²) in [5, 5.41) is 0. The van der Waals surface area contributed by atoms with Gasteiger partial charge in [0.15, 0.2) is 5.65 Å². The number of imidazole rings is 1. The highest BCUT2D eigenvalue weighted by Crippen LogP contribution is 2.31. The van der Waals surface area contributed by atoms with Crippen LogP contribution in [0.25, 0.3) is 33.7 Å². The number of aromatic amines is 1. The number of pyridine rings is 1. The monoisotopic (exact) mass is 319 g/mol. The third-order valence-corrected chi connectivity index (χ3v) is 3.88. The quantitative estimate of drug-likeness (QED) is 0.607. The van der Waals surface area contributed by atoms with E-state index in [0.29, 0.717) is 17.0 Å². The SMILES string of the molecule is COc1ccccc1-c1cnc2nc(-c3ccccc3F)[nH]c2c1. The van der Waals surface area contributed by atoms with Crippen LogP contribution in [0.1, 0.15) is 0 Å². The number of ether oxygens (including phenoxy) is 1. The minimum Gasteiger partial charge on any atom is -0.496 e. The summed E-state index contributed by atoms with van der Waals surface area (Å²) in [6.45, 7) is 0. The van der Waals surface area contributed by atoms with Crippen LogP contribution in [0, 0.1) is 5.82 Å². The Bertz CT molecular complexity index is 1030. The molecule has 5 heteroatoms. The van der Waals surface area contributed by atoms with Gasteiger partial charge in [-0.1, -0.05) is 30.3 Å². The molecule has 2 aromatic heterocycles. The minimum atomic E-state index is -0.318. The fourth-order valence-electron chi connectivity index (χ4n) is 2.71. The molecule has 0 bridgehead atoms. The molecule has 0 saturated carbocycles. The van der Waals surface area contributed by atoms with Gasteiger partial charge in [-0.15, -0.1) is 0 Å². The van der Waals surface area contributed by atoms with Crippen LogP contribution in [0.5, 0.6) is 5.75 Å². The number of hydrogen-bond acceptors (Lipinski definition) is 3. The maximum atomic E-state index is 13.9. The van der Waals surface area contributed by atoms with Crippen molar-refractivity contribution in [2.45, 2.75) is 0 Å². The molecule has 4 nitrogen and oxygen atoms in total. The van der Waals surface area contributed by atoms with Crippen molar-refractivity contribution < 1.29 is 9.13 Å². The van der Waals surface area contributed by atoms with Crippen molar-refractivity contribution >= 4 is 11.2 Å². The Balaban J connectivity index is 1.84. The highest BCUT2D eigenvalue weighted by atomic mass is 19.1. The Morgan fingerprint density at radius 1 is 1.00 bits per heavy atom. The molecule has 0 saturated heterocycles. The third-order valence-electron chi connectivity index (χ3n) is 3.88. The van der Waals surface area contributed by atoms with Gasteiger partial charge in [0.25, 0.3) is 0 Å². The smallest absolute Gasteiger partial charge is 0.178 e. The first-order valence-corrected chi connectivity index (χ1v) is 7.50. The van der Waals surface area contributed by atoms with E-state index in [1.165, 1.54) is 6.07 Å². The lowest BCUT2D eigenvalue weighted by Gasteiger charge is -2.07. The first-order valence-electron chi connectivity index (χ1n) is 7.50. The molecule has 4 rings (SSSR count). The van der Waals surface area contributed by atoms with E-state index in [1.807, 2.05) is 30.3 Å². The van der Waals surface area contributed by atoms with Gasteiger partial charge in [-0.2, -0.15) is 0 Å². The molecule has 0 aliphatic rings. The van der Waals surface area contributed by atoms with Crippen LogP contribution in [0.3, 0.4) is 0 Å². The summed E-state index contributed by atoms with van der Waals surface area (Å²) < 4.78 is 19.3. The van der Waals surface area contributed by atoms with Crippen molar-refractivity contribution in [3.63, 3.8) is 0 Å². The Hall–Kier alpha value is -3.21. The lowest BCUT2D eigenvalue weighted by Crippen LogP contribution is -1.88. The Morgan fingerprint density at radius 3 is 2.54 bits per heavy atom. The average molecular weight is 319 g/mol. The molecule has 0 aliphatic heterocycles. The van der Waals surface area contributed by atoms with Crippen molar-refractivity contribution in [3.05, 3.63) is 66.6 Å². The molecule has 0 aliphatic carbocycles. The van der Waals surface area contributed by atoms with Crippen LogP contribution in [-0.4, -0.2) is 22.1 Å². The van der Waals surface area contributed by atoms with E-state index in [4.69, 9.17) is 4.74 Å². The van der Waals surface area contributed by atoms with Gasteiger partial charge in [-0.05, 0) is 24.3 Å². The van der Waals surface area contributed by atoms with Gasteiger partial charge in [0.1, 0.15) is 17.4 Å². The summed E-state index contributed by atoms with van der Waals surface area (Å²) in [6.07, 6.45) is 1.74. The van der Waals surface area contributed by atoms with E-state index in [9.17, 15) is 4.39 Å². The second kappa shape index (κ2) is 5.77. The Labute approximate surface area is 138 Å². The number of methoxy groups -OCH3 is 1. The van der Waals surface area contributed by atoms with Crippen molar-refractivity contribution in [3.8, 4) is 28.3 Å². The maximum absolute atomic E-state index is 13.9. The molecule has 0 atom stereocenters. The zero-order valence-corrected chi connectivity index (χ0v) is 13.0. The predicted octanol–water partition coefficient (Wildman–Crippen LogP) is 4.44. The number of benzene rings is 2. The highest BCUT2D eigenvalue weighted by molar-refractivity contribution is 5.82. The number of rotatable bonds is 3. The maximum Gasteiger partial charge on any atom is 0.178 e. The number of halogens is 1. The Kier molecular flexibility index (Phi) is 3.46. The van der Waals surface area contributed by atoms with Crippen molar-refractivity contribution in [2.24, 2.45) is 0 Å². The molecular weight excluding hydrogens is 305 g/mol. The van der Waals surface area contributed by atoms with E-state index >= 15 is 0 Å². The first kappa shape index (κ1) is 14.4. The minimum absolute atomic E-state index is 0.318. The number of fused-ring (bicyclic) bond motifs is 1. The summed E-state index contributed by atoms with van der Waals surface area (Å²) in [5.74, 6) is 0.918. The Morgan fingerprint density at radius 2 is 1.75 bits per heavy atom. The van der Waals surface area contributed by atoms with Crippen LogP contribution in [0.2, 0.25) is 0 Å². The van der Waals surface area contributed by atoms with Crippen LogP contribution < -0.4 is 4.74 Å². The summed E-state index contributed by atoms with van der Waals surface area (Å²) >= 11 is 0. The fraction of sp³-hybridized carbons (Fsp3) is 0.0526. The molecule has 2 heterocycles. The van der Waals surface area contributed by atoms with Gasteiger partial charge >= 0.3 is 0 Å². The van der Waals surface area contributed by atoms with E-state index in [-0.39, 0.29) is 5.82 Å². The second-order valence-corrected chi connectivity index (χ2v) is 5.36. The highest BCUT2D eigenvalue weighted by Gasteiger charge is 2.12. The number of para-hydroxylation sites is 1. The molecule has 0 fully saturated rings. The van der Waals surface area contributed by atoms with E-state index in [0.717, 1.165) is 22.4 Å². The summed E-state index contributed by atoms with van der Waals surface area (Å²) in [7, 11) is 1.64. The van der Waals surface area contributed by atoms with Gasteiger partial charge in [0.2, 0.25) is 0 Å². The van der Waals surface area contributed by atoms with Crippen LogP contribution in [0.4, 0.5) is 4.39 Å². The topological polar surface area (TPSA) is 50.8 Å². The van der Waals surface area contributed by atoms with Gasteiger partial charge in [0.05, 0.1) is 18.2 Å². The molecule has 4 aromatic rings. The molecule has 0 amide bonds. The average Bonchev–Trinajstić information content (AvgIpc) is 3.05. The predicted molar refractivity (Wildman–Crippen MR) is 91.3 cm³/mol. The molecule has 0 radical (unpaired) electrons. The third kappa shape index (κ3) is 2.40. The number of hydrogen-bond donors (Lipinski definition) is 1. The number of aromatic nitrogens is 3. The van der Waals surface area contributed by atoms with Gasteiger partial charge in [-0.25, -0.2) is 14.4 Å². The van der Waals surface area contributed by atoms with Crippen molar-refractivity contribution in [1.82, 2.24) is 15.0 Å². The van der Waals surface area contributed by atoms with Gasteiger partial charge in [-0.3, -0.25) is 0 Å². The lowest BCUT2D eigenvalue weighted by atomic mass is 10.1. The molecular formula is C19H14FN3O. The second-order valence-electron chi connectivity index (χ2n) is 5.36. The van der Waals surface area contributed by atoms with Crippen LogP contribution in [0.15, 0.2) is 60.8 Å². The molecule has 2 aromatic carbocycles. The van der Waals surface area contributed by atoms with Crippen LogP contribution in [-0.2, 0) is 0 Å². The van der Waals surface area contributed by atoms with Crippen molar-refractivity contribution in [1.29, 1.82) is 0 Å². The number of nitrogens with one attached hydrogen (secondary N) is 1. The zero-order valence-electron chi connectivity index (χ0n) is 13.0. The molecule has 0 unspecified atom stereocenters. The fourth-order valence-corrected chi connectivity index (χ4v) is 2.71. The van der Waals surface area contributed by atoms with E-state index in [1.54, 1.807) is 31.5 Å². The molecule has 24 heavy (non-hydrogen) atoms. The van der Waals surface area contributed by atoms with Crippen LogP contribution >= 0.6 is 0 Å². The standard InChI is InChI=1S/C19H14FN3O/c1-24-17-9-5-3-6-13(17)12-10-16-19(21-11-12)23-18(22-16)14-7-2-4-8-15(14)20/h2-11H,1H3,(H,21,22,23). The number of H-pyrrole nitrogens is 1. The summed E-state index contributed by atoms with van der Waals surface area (Å²) in [4.78, 5) is 11.9. The largest absolute Gasteiger partial charge is 0.496 e. The van der Waals surface area contributed by atoms with Crippen molar-refractivity contribution in [2.75, 3.05) is 7.11 Å². The molecule has 0 spiro atoms. The zero-order chi connectivity index (χ0) is 16.5. The summed E-state index contributed by atoms with van der Waals surface area (Å²) in [5.41, 5.74) is 3.57. The molecule has 1 N–H and O–H groups in total. The summed E-state index contributed by atoms with van der Waals surface area (Å²) in [6, 6.07) is 16.2.